The third-order valence-electron chi connectivity index (χ3n) is 5.71. The number of Topliss-reactive ketones (excluding diaryl/α,β-unsaturated/α-hetero) is 1. The minimum absolute atomic E-state index is 0.104. The van der Waals surface area contributed by atoms with Crippen LogP contribution in [0.3, 0.4) is 0 Å². The molecule has 1 fully saturated rings. The molecule has 0 spiro atoms. The molecule has 0 bridgehead atoms. The summed E-state index contributed by atoms with van der Waals surface area (Å²) in [6.45, 7) is 3.59. The highest BCUT2D eigenvalue weighted by atomic mass is 32.2. The molecule has 1 saturated heterocycles. The van der Waals surface area contributed by atoms with Crippen molar-refractivity contribution in [1.82, 2.24) is 14.5 Å². The Morgan fingerprint density at radius 2 is 1.73 bits per heavy atom. The molecule has 2 aromatic rings. The largest absolute Gasteiger partial charge is 0.490 e. The SMILES string of the molecule is Cc1nc(S(C)(=O)=O)ccc1-n1ccc(OC2CCN(C(=O)OC(C)(C)C(=O)C(F)(F)F)CC2)cc1=O. The second-order valence-corrected chi connectivity index (χ2v) is 11.1. The third-order valence-corrected chi connectivity index (χ3v) is 6.70. The number of carbonyl (C=O) groups is 2. The molecule has 14 heteroatoms. The Bertz CT molecular complexity index is 1360. The molecule has 0 saturated carbocycles. The zero-order valence-electron chi connectivity index (χ0n) is 20.5. The number of hydrogen-bond donors (Lipinski definition) is 0. The number of ether oxygens (including phenoxy) is 2. The predicted molar refractivity (Wildman–Crippen MR) is 125 cm³/mol. The molecule has 0 unspecified atom stereocenters. The smallest absolute Gasteiger partial charge is 0.454 e. The number of aromatic nitrogens is 2. The number of amides is 1. The lowest BCUT2D eigenvalue weighted by Crippen LogP contribution is -2.50. The van der Waals surface area contributed by atoms with Crippen LogP contribution in [0.15, 0.2) is 40.3 Å². The van der Waals surface area contributed by atoms with Crippen LogP contribution in [0.1, 0.15) is 32.4 Å². The van der Waals surface area contributed by atoms with Crippen molar-refractivity contribution in [2.45, 2.75) is 56.5 Å². The summed E-state index contributed by atoms with van der Waals surface area (Å²) < 4.78 is 73.4. The summed E-state index contributed by atoms with van der Waals surface area (Å²) in [4.78, 5) is 41.7. The number of carbonyl (C=O) groups excluding carboxylic acids is 2. The number of piperidine rings is 1. The predicted octanol–water partition coefficient (Wildman–Crippen LogP) is 2.83. The Balaban J connectivity index is 1.61. The number of alkyl halides is 3. The van der Waals surface area contributed by atoms with Crippen LogP contribution in [0, 0.1) is 6.92 Å². The molecule has 202 valence electrons. The molecule has 37 heavy (non-hydrogen) atoms. The summed E-state index contributed by atoms with van der Waals surface area (Å²) >= 11 is 0. The van der Waals surface area contributed by atoms with E-state index in [1.54, 1.807) is 13.0 Å². The van der Waals surface area contributed by atoms with Gasteiger partial charge in [-0.3, -0.25) is 14.2 Å². The minimum atomic E-state index is -5.13. The van der Waals surface area contributed by atoms with Crippen molar-refractivity contribution in [2.24, 2.45) is 0 Å². The van der Waals surface area contributed by atoms with Gasteiger partial charge < -0.3 is 14.4 Å². The van der Waals surface area contributed by atoms with E-state index in [1.165, 1.54) is 33.9 Å². The van der Waals surface area contributed by atoms with Crippen molar-refractivity contribution in [3.05, 3.63) is 46.5 Å². The van der Waals surface area contributed by atoms with E-state index in [0.29, 0.717) is 24.2 Å². The molecular formula is C23H26F3N3O7S. The van der Waals surface area contributed by atoms with Crippen molar-refractivity contribution < 1.29 is 40.7 Å². The Labute approximate surface area is 210 Å². The number of sulfone groups is 1. The number of likely N-dealkylation sites (tertiary alicyclic amines) is 1. The van der Waals surface area contributed by atoms with Crippen molar-refractivity contribution in [3.63, 3.8) is 0 Å². The molecule has 1 aliphatic rings. The average molecular weight is 546 g/mol. The molecule has 1 aliphatic heterocycles. The van der Waals surface area contributed by atoms with Crippen molar-refractivity contribution in [2.75, 3.05) is 19.3 Å². The highest BCUT2D eigenvalue weighted by Gasteiger charge is 2.50. The standard InChI is InChI=1S/C23H26F3N3O7S/c1-14-17(5-6-18(27-14)37(4,33)34)29-12-9-16(13-19(29)30)35-15-7-10-28(11-8-15)21(32)36-22(2,3)20(31)23(24,25)26/h5-6,9,12-13,15H,7-8,10-11H2,1-4H3. The summed E-state index contributed by atoms with van der Waals surface area (Å²) in [5.74, 6) is -1.88. The van der Waals surface area contributed by atoms with Gasteiger partial charge in [0.1, 0.15) is 11.9 Å². The van der Waals surface area contributed by atoms with E-state index in [1.807, 2.05) is 0 Å². The quantitative estimate of drug-likeness (QED) is 0.543. The molecule has 0 aromatic carbocycles. The van der Waals surface area contributed by atoms with E-state index in [2.05, 4.69) is 4.98 Å². The van der Waals surface area contributed by atoms with Gasteiger partial charge in [-0.25, -0.2) is 18.2 Å². The fourth-order valence-corrected chi connectivity index (χ4v) is 4.36. The Morgan fingerprint density at radius 3 is 2.24 bits per heavy atom. The highest BCUT2D eigenvalue weighted by Crippen LogP contribution is 2.27. The number of ketones is 1. The molecule has 10 nitrogen and oxygen atoms in total. The first kappa shape index (κ1) is 28.2. The lowest BCUT2D eigenvalue weighted by Gasteiger charge is -2.34. The van der Waals surface area contributed by atoms with Gasteiger partial charge >= 0.3 is 12.3 Å². The Hall–Kier alpha value is -3.42. The summed E-state index contributed by atoms with van der Waals surface area (Å²) in [5.41, 5.74) is -2.04. The van der Waals surface area contributed by atoms with E-state index in [4.69, 9.17) is 9.47 Å². The first-order chi connectivity index (χ1) is 17.0. The van der Waals surface area contributed by atoms with Gasteiger partial charge in [0.25, 0.3) is 11.3 Å². The van der Waals surface area contributed by atoms with Gasteiger partial charge in [0.05, 0.1) is 11.4 Å². The van der Waals surface area contributed by atoms with Crippen LogP contribution in [0.25, 0.3) is 5.69 Å². The molecule has 1 amide bonds. The van der Waals surface area contributed by atoms with Gasteiger partial charge in [-0.2, -0.15) is 13.2 Å². The van der Waals surface area contributed by atoms with Crippen LogP contribution >= 0.6 is 0 Å². The maximum atomic E-state index is 12.7. The number of halogens is 3. The fraction of sp³-hybridized carbons (Fsp3) is 0.478. The lowest BCUT2D eigenvalue weighted by molar-refractivity contribution is -0.187. The van der Waals surface area contributed by atoms with Crippen LogP contribution < -0.4 is 10.3 Å². The van der Waals surface area contributed by atoms with Crippen LogP contribution in [0.5, 0.6) is 5.75 Å². The van der Waals surface area contributed by atoms with Gasteiger partial charge in [0, 0.05) is 44.5 Å². The van der Waals surface area contributed by atoms with Gasteiger partial charge in [0.2, 0.25) is 0 Å². The van der Waals surface area contributed by atoms with E-state index in [-0.39, 0.29) is 30.0 Å². The topological polar surface area (TPSA) is 125 Å². The van der Waals surface area contributed by atoms with Gasteiger partial charge in [-0.1, -0.05) is 0 Å². The molecule has 0 radical (unpaired) electrons. The molecule has 3 heterocycles. The Morgan fingerprint density at radius 1 is 1.11 bits per heavy atom. The number of rotatable bonds is 6. The van der Waals surface area contributed by atoms with Crippen LogP contribution in [0.4, 0.5) is 18.0 Å². The van der Waals surface area contributed by atoms with E-state index in [0.717, 1.165) is 20.1 Å². The normalized spacial score (nSPS) is 15.4. The van der Waals surface area contributed by atoms with Crippen molar-refractivity contribution >= 4 is 21.7 Å². The highest BCUT2D eigenvalue weighted by molar-refractivity contribution is 7.90. The molecule has 0 N–H and O–H groups in total. The summed E-state index contributed by atoms with van der Waals surface area (Å²) in [7, 11) is -3.50. The van der Waals surface area contributed by atoms with Crippen LogP contribution in [0.2, 0.25) is 0 Å². The van der Waals surface area contributed by atoms with E-state index in [9.17, 15) is 36.0 Å². The van der Waals surface area contributed by atoms with Gasteiger partial charge in [0.15, 0.2) is 20.5 Å². The van der Waals surface area contributed by atoms with Crippen molar-refractivity contribution in [3.8, 4) is 11.4 Å². The van der Waals surface area contributed by atoms with E-state index >= 15 is 0 Å². The summed E-state index contributed by atoms with van der Waals surface area (Å²) in [6, 6.07) is 5.61. The first-order valence-corrected chi connectivity index (χ1v) is 13.0. The van der Waals surface area contributed by atoms with E-state index < -0.39 is 39.1 Å². The Kier molecular flexibility index (Phi) is 7.72. The molecule has 2 aromatic heterocycles. The fourth-order valence-electron chi connectivity index (χ4n) is 3.74. The number of pyridine rings is 2. The monoisotopic (exact) mass is 545 g/mol. The second-order valence-electron chi connectivity index (χ2n) is 9.11. The molecular weight excluding hydrogens is 519 g/mol. The molecule has 3 rings (SSSR count). The number of hydrogen-bond acceptors (Lipinski definition) is 8. The number of aryl methyl sites for hydroxylation is 1. The second kappa shape index (κ2) is 10.1. The lowest BCUT2D eigenvalue weighted by atomic mass is 10.0. The maximum absolute atomic E-state index is 12.7. The summed E-state index contributed by atoms with van der Waals surface area (Å²) in [5, 5.41) is -0.104. The van der Waals surface area contributed by atoms with Crippen LogP contribution in [-0.2, 0) is 19.4 Å². The van der Waals surface area contributed by atoms with Gasteiger partial charge in [-0.15, -0.1) is 0 Å². The maximum Gasteiger partial charge on any atom is 0.454 e. The zero-order chi connectivity index (χ0) is 27.8. The molecule has 0 aliphatic carbocycles. The average Bonchev–Trinajstić information content (AvgIpc) is 2.78. The first-order valence-electron chi connectivity index (χ1n) is 11.2. The zero-order valence-corrected chi connectivity index (χ0v) is 21.4. The third kappa shape index (κ3) is 6.67. The van der Waals surface area contributed by atoms with Gasteiger partial charge in [-0.05, 0) is 39.0 Å². The minimum Gasteiger partial charge on any atom is -0.490 e. The number of nitrogens with zero attached hydrogens (tertiary/aromatic N) is 3. The van der Waals surface area contributed by atoms with Crippen LogP contribution in [-0.4, -0.2) is 72.0 Å². The van der Waals surface area contributed by atoms with Crippen molar-refractivity contribution in [1.29, 1.82) is 0 Å². The molecule has 0 atom stereocenters. The summed E-state index contributed by atoms with van der Waals surface area (Å²) in [6.07, 6.45) is -3.39.